The van der Waals surface area contributed by atoms with Gasteiger partial charge in [-0.1, -0.05) is 13.8 Å². The molecule has 0 bridgehead atoms. The first-order valence-electron chi connectivity index (χ1n) is 5.43. The van der Waals surface area contributed by atoms with E-state index in [1.807, 2.05) is 13.8 Å². The van der Waals surface area contributed by atoms with E-state index in [1.165, 1.54) is 6.07 Å². The minimum Gasteiger partial charge on any atom is -0.383 e. The van der Waals surface area contributed by atoms with Crippen molar-refractivity contribution >= 4 is 16.7 Å². The number of hydrogen-bond acceptors (Lipinski definition) is 3. The van der Waals surface area contributed by atoms with Crippen LogP contribution < -0.4 is 5.73 Å². The molecule has 0 spiro atoms. The van der Waals surface area contributed by atoms with Gasteiger partial charge in [0.05, 0.1) is 11.1 Å². The maximum absolute atomic E-state index is 12.6. The van der Waals surface area contributed by atoms with Gasteiger partial charge in [0.2, 0.25) is 0 Å². The molecule has 2 rings (SSSR count). The van der Waals surface area contributed by atoms with Crippen LogP contribution in [0.1, 0.15) is 31.2 Å². The Kier molecular flexibility index (Phi) is 2.88. The molecule has 18 heavy (non-hydrogen) atoms. The number of nitrogen functional groups attached to an aromatic ring is 1. The quantitative estimate of drug-likeness (QED) is 0.850. The monoisotopic (exact) mass is 255 g/mol. The summed E-state index contributed by atoms with van der Waals surface area (Å²) in [6, 6.07) is 3.29. The molecule has 3 nitrogen and oxygen atoms in total. The Hall–Kier alpha value is -1.85. The number of halogens is 3. The number of alkyl halides is 3. The van der Waals surface area contributed by atoms with Crippen LogP contribution in [0.25, 0.3) is 10.9 Å². The summed E-state index contributed by atoms with van der Waals surface area (Å²) >= 11 is 0. The topological polar surface area (TPSA) is 51.8 Å². The van der Waals surface area contributed by atoms with Crippen LogP contribution in [-0.4, -0.2) is 9.97 Å². The van der Waals surface area contributed by atoms with Gasteiger partial charge in [0.25, 0.3) is 0 Å². The molecular weight excluding hydrogens is 243 g/mol. The Labute approximate surface area is 102 Å². The lowest BCUT2D eigenvalue weighted by molar-refractivity contribution is -0.137. The van der Waals surface area contributed by atoms with E-state index >= 15 is 0 Å². The van der Waals surface area contributed by atoms with Crippen LogP contribution in [0.4, 0.5) is 19.0 Å². The van der Waals surface area contributed by atoms with Crippen molar-refractivity contribution in [2.45, 2.75) is 25.9 Å². The van der Waals surface area contributed by atoms with Crippen molar-refractivity contribution in [2.24, 2.45) is 0 Å². The number of nitrogens with zero attached hydrogens (tertiary/aromatic N) is 2. The Balaban J connectivity index is 2.68. The number of benzene rings is 1. The molecule has 1 aromatic heterocycles. The SMILES string of the molecule is CC(C)c1nc(N)c2ccc(C(F)(F)F)cc2n1. The largest absolute Gasteiger partial charge is 0.416 e. The summed E-state index contributed by atoms with van der Waals surface area (Å²) < 4.78 is 37.8. The van der Waals surface area contributed by atoms with Crippen molar-refractivity contribution in [3.8, 4) is 0 Å². The van der Waals surface area contributed by atoms with E-state index < -0.39 is 11.7 Å². The van der Waals surface area contributed by atoms with Gasteiger partial charge >= 0.3 is 6.18 Å². The summed E-state index contributed by atoms with van der Waals surface area (Å²) in [6.45, 7) is 3.71. The van der Waals surface area contributed by atoms with Crippen molar-refractivity contribution in [3.05, 3.63) is 29.6 Å². The van der Waals surface area contributed by atoms with Gasteiger partial charge in [-0.3, -0.25) is 0 Å². The number of aromatic nitrogens is 2. The van der Waals surface area contributed by atoms with Crippen LogP contribution in [-0.2, 0) is 6.18 Å². The first kappa shape index (κ1) is 12.6. The van der Waals surface area contributed by atoms with Crippen LogP contribution >= 0.6 is 0 Å². The number of rotatable bonds is 1. The lowest BCUT2D eigenvalue weighted by Crippen LogP contribution is -2.07. The van der Waals surface area contributed by atoms with Crippen molar-refractivity contribution in [1.82, 2.24) is 9.97 Å². The average Bonchev–Trinajstić information content (AvgIpc) is 2.26. The van der Waals surface area contributed by atoms with Gasteiger partial charge < -0.3 is 5.73 Å². The molecule has 0 atom stereocenters. The summed E-state index contributed by atoms with van der Waals surface area (Å²) in [5.41, 5.74) is 5.21. The number of fused-ring (bicyclic) bond motifs is 1. The third-order valence-corrected chi connectivity index (χ3v) is 2.59. The summed E-state index contributed by atoms with van der Waals surface area (Å²) in [5.74, 6) is 0.656. The fourth-order valence-electron chi connectivity index (χ4n) is 1.61. The van der Waals surface area contributed by atoms with Gasteiger partial charge in [0, 0.05) is 11.3 Å². The Morgan fingerprint density at radius 3 is 2.39 bits per heavy atom. The average molecular weight is 255 g/mol. The highest BCUT2D eigenvalue weighted by atomic mass is 19.4. The maximum atomic E-state index is 12.6. The van der Waals surface area contributed by atoms with Gasteiger partial charge in [-0.15, -0.1) is 0 Å². The van der Waals surface area contributed by atoms with Crippen molar-refractivity contribution in [2.75, 3.05) is 5.73 Å². The van der Waals surface area contributed by atoms with E-state index in [0.29, 0.717) is 11.2 Å². The van der Waals surface area contributed by atoms with E-state index in [4.69, 9.17) is 5.73 Å². The second-order valence-electron chi connectivity index (χ2n) is 4.35. The number of nitrogens with two attached hydrogens (primary N) is 1. The predicted molar refractivity (Wildman–Crippen MR) is 63.0 cm³/mol. The highest BCUT2D eigenvalue weighted by molar-refractivity contribution is 5.88. The highest BCUT2D eigenvalue weighted by Gasteiger charge is 2.30. The first-order valence-corrected chi connectivity index (χ1v) is 5.43. The van der Waals surface area contributed by atoms with Crippen molar-refractivity contribution in [3.63, 3.8) is 0 Å². The third kappa shape index (κ3) is 2.23. The molecule has 0 radical (unpaired) electrons. The molecule has 2 N–H and O–H groups in total. The maximum Gasteiger partial charge on any atom is 0.416 e. The molecule has 1 heterocycles. The molecule has 1 aromatic carbocycles. The van der Waals surface area contributed by atoms with Gasteiger partial charge in [0.15, 0.2) is 0 Å². The first-order chi connectivity index (χ1) is 8.29. The molecule has 0 aliphatic carbocycles. The summed E-state index contributed by atoms with van der Waals surface area (Å²) in [7, 11) is 0. The zero-order valence-electron chi connectivity index (χ0n) is 9.92. The number of hydrogen-bond donors (Lipinski definition) is 1. The molecule has 0 saturated heterocycles. The van der Waals surface area contributed by atoms with Crippen molar-refractivity contribution in [1.29, 1.82) is 0 Å². The number of anilines is 1. The smallest absolute Gasteiger partial charge is 0.383 e. The third-order valence-electron chi connectivity index (χ3n) is 2.59. The molecule has 0 saturated carbocycles. The Morgan fingerprint density at radius 1 is 1.17 bits per heavy atom. The van der Waals surface area contributed by atoms with Crippen LogP contribution in [0.3, 0.4) is 0 Å². The van der Waals surface area contributed by atoms with Crippen molar-refractivity contribution < 1.29 is 13.2 Å². The van der Waals surface area contributed by atoms with Gasteiger partial charge in [-0.2, -0.15) is 13.2 Å². The van der Waals surface area contributed by atoms with Crippen LogP contribution in [0, 0.1) is 0 Å². The predicted octanol–water partition coefficient (Wildman–Crippen LogP) is 3.35. The summed E-state index contributed by atoms with van der Waals surface area (Å²) in [5, 5.41) is 0.437. The zero-order chi connectivity index (χ0) is 13.5. The molecule has 0 aliphatic heterocycles. The highest BCUT2D eigenvalue weighted by Crippen LogP contribution is 2.32. The Bertz CT molecular complexity index is 591. The second kappa shape index (κ2) is 4.12. The van der Waals surface area contributed by atoms with E-state index in [-0.39, 0.29) is 17.3 Å². The molecule has 0 aliphatic rings. The minimum absolute atomic E-state index is 0.00578. The summed E-state index contributed by atoms with van der Waals surface area (Å²) in [6.07, 6.45) is -4.38. The summed E-state index contributed by atoms with van der Waals surface area (Å²) in [4.78, 5) is 8.20. The normalized spacial score (nSPS) is 12.3. The lowest BCUT2D eigenvalue weighted by Gasteiger charge is -2.10. The standard InChI is InChI=1S/C12H12F3N3/c1-6(2)11-17-9-5-7(12(13,14)15)3-4-8(9)10(16)18-11/h3-6H,1-2H3,(H2,16,17,18). The van der Waals surface area contributed by atoms with E-state index in [1.54, 1.807) is 0 Å². The zero-order valence-corrected chi connectivity index (χ0v) is 9.92. The molecule has 0 amide bonds. The van der Waals surface area contributed by atoms with E-state index in [9.17, 15) is 13.2 Å². The van der Waals surface area contributed by atoms with Gasteiger partial charge in [0.1, 0.15) is 11.6 Å². The van der Waals surface area contributed by atoms with Gasteiger partial charge in [-0.05, 0) is 18.2 Å². The fourth-order valence-corrected chi connectivity index (χ4v) is 1.61. The minimum atomic E-state index is -4.38. The van der Waals surface area contributed by atoms with E-state index in [2.05, 4.69) is 9.97 Å². The Morgan fingerprint density at radius 2 is 1.83 bits per heavy atom. The van der Waals surface area contributed by atoms with Crippen LogP contribution in [0.15, 0.2) is 18.2 Å². The second-order valence-corrected chi connectivity index (χ2v) is 4.35. The fraction of sp³-hybridized carbons (Fsp3) is 0.333. The molecule has 6 heteroatoms. The lowest BCUT2D eigenvalue weighted by atomic mass is 10.1. The van der Waals surface area contributed by atoms with Gasteiger partial charge in [-0.25, -0.2) is 9.97 Å². The van der Waals surface area contributed by atoms with E-state index in [0.717, 1.165) is 12.1 Å². The molecular formula is C12H12F3N3. The molecule has 0 unspecified atom stereocenters. The molecule has 96 valence electrons. The molecule has 2 aromatic rings. The van der Waals surface area contributed by atoms with Crippen LogP contribution in [0.2, 0.25) is 0 Å². The molecule has 0 fully saturated rings. The van der Waals surface area contributed by atoms with Crippen LogP contribution in [0.5, 0.6) is 0 Å².